The predicted octanol–water partition coefficient (Wildman–Crippen LogP) is 6.29. The number of benzene rings is 5. The molecule has 7 heterocycles. The zero-order chi connectivity index (χ0) is 85.5. The first-order chi connectivity index (χ1) is 56.6. The van der Waals surface area contributed by atoms with Gasteiger partial charge in [0, 0.05) is 67.9 Å². The first-order valence-electron chi connectivity index (χ1n) is 40.2. The number of carbonyl (C=O) groups is 9. The summed E-state index contributed by atoms with van der Waals surface area (Å²) in [6, 6.07) is 7.06. The summed E-state index contributed by atoms with van der Waals surface area (Å²) in [5.41, 5.74) is 3.53. The normalized spacial score (nSPS) is 31.5. The molecule has 0 aromatic heterocycles. The minimum absolute atomic E-state index is 0.0477. The number of carbonyl (C=O) groups excluding carboxylic acids is 9. The van der Waals surface area contributed by atoms with Gasteiger partial charge in [0.2, 0.25) is 41.6 Å². The molecule has 0 unspecified atom stereocenters. The number of amides is 6. The lowest BCUT2D eigenvalue weighted by atomic mass is 9.51. The van der Waals surface area contributed by atoms with E-state index in [1.54, 1.807) is 6.92 Å². The summed E-state index contributed by atoms with van der Waals surface area (Å²) in [5.74, 6) is -17.2. The number of Topliss-reactive ketones (excluding diaryl/α,β-unsaturated/α-hetero) is 3. The molecule has 11 aliphatic rings. The number of ether oxygens (including phenoxy) is 8. The summed E-state index contributed by atoms with van der Waals surface area (Å²) >= 11 is 14.5. The van der Waals surface area contributed by atoms with Crippen molar-refractivity contribution in [3.63, 3.8) is 0 Å². The van der Waals surface area contributed by atoms with Crippen molar-refractivity contribution in [2.75, 3.05) is 33.5 Å². The Labute approximate surface area is 695 Å². The van der Waals surface area contributed by atoms with Gasteiger partial charge in [-0.3, -0.25) is 48.5 Å². The summed E-state index contributed by atoms with van der Waals surface area (Å²) in [5, 5.41) is 119. The zero-order valence-electron chi connectivity index (χ0n) is 66.4. The lowest BCUT2D eigenvalue weighted by Crippen LogP contribution is -2.64. The molecule has 0 radical (unpaired) electrons. The number of phenols is 3. The molecule has 5 aromatic rings. The van der Waals surface area contributed by atoms with Crippen LogP contribution in [0.1, 0.15) is 170 Å². The second-order valence-electron chi connectivity index (χ2n) is 33.5. The zero-order valence-corrected chi connectivity index (χ0v) is 67.9. The van der Waals surface area contributed by atoms with E-state index in [0.717, 1.165) is 68.5 Å². The van der Waals surface area contributed by atoms with Crippen LogP contribution in [0.3, 0.4) is 0 Å². The molecule has 4 saturated carbocycles. The molecule has 18 atom stereocenters. The van der Waals surface area contributed by atoms with E-state index in [-0.39, 0.29) is 111 Å². The van der Waals surface area contributed by atoms with E-state index in [9.17, 15) is 60.3 Å². The van der Waals surface area contributed by atoms with Crippen molar-refractivity contribution in [2.24, 2.45) is 53.1 Å². The smallest absolute Gasteiger partial charge is 0.252 e. The van der Waals surface area contributed by atoms with Crippen LogP contribution < -0.4 is 46.5 Å². The Bertz CT molecular complexity index is 4670. The van der Waals surface area contributed by atoms with Crippen molar-refractivity contribution < 1.29 is 127 Å². The number of phenolic OH excluding ortho intramolecular Hbond substituents is 3. The number of nitrogens with one attached hydrogen (secondary N) is 5. The topological polar surface area (TPSA) is 496 Å². The molecule has 16 rings (SSSR count). The van der Waals surface area contributed by atoms with Crippen LogP contribution in [-0.2, 0) is 66.8 Å². The molecular formula is C85H102Cl2N6O26. The molecule has 5 aromatic carbocycles. The van der Waals surface area contributed by atoms with Gasteiger partial charge in [0.1, 0.15) is 90.0 Å². The number of nitrogens with two attached hydrogens (primary N) is 1. The van der Waals surface area contributed by atoms with Gasteiger partial charge in [0.15, 0.2) is 41.2 Å². The van der Waals surface area contributed by atoms with Crippen LogP contribution >= 0.6 is 23.2 Å². The Kier molecular flexibility index (Phi) is 27.1. The molecular weight excluding hydrogens is 1590 g/mol. The average molecular weight is 1690 g/mol. The molecule has 119 heavy (non-hydrogen) atoms. The van der Waals surface area contributed by atoms with E-state index in [2.05, 4.69) is 26.6 Å². The molecule has 15 bridgehead atoms. The number of hydrogen-bond acceptors (Lipinski definition) is 27. The first-order valence-corrected chi connectivity index (χ1v) is 41.0. The van der Waals surface area contributed by atoms with E-state index in [4.69, 9.17) is 66.8 Å². The third-order valence-corrected chi connectivity index (χ3v) is 25.1. The van der Waals surface area contributed by atoms with Crippen LogP contribution in [-0.4, -0.2) is 199 Å². The highest BCUT2D eigenvalue weighted by Gasteiger charge is 2.53. The molecule has 6 fully saturated rings. The fourth-order valence-corrected chi connectivity index (χ4v) is 19.0. The van der Waals surface area contributed by atoms with E-state index in [1.165, 1.54) is 63.4 Å². The number of aromatic hydroxyl groups is 3. The van der Waals surface area contributed by atoms with Gasteiger partial charge < -0.3 is 111 Å². The van der Waals surface area contributed by atoms with Gasteiger partial charge in [-0.05, 0) is 177 Å². The van der Waals surface area contributed by atoms with E-state index in [0.29, 0.717) is 18.3 Å². The van der Waals surface area contributed by atoms with Gasteiger partial charge >= 0.3 is 0 Å². The van der Waals surface area contributed by atoms with E-state index < -0.39 is 234 Å². The number of halogens is 2. The van der Waals surface area contributed by atoms with Gasteiger partial charge in [-0.25, -0.2) is 0 Å². The molecule has 32 nitrogen and oxygen atoms in total. The van der Waals surface area contributed by atoms with E-state index >= 15 is 28.8 Å². The first kappa shape index (κ1) is 87.8. The number of rotatable bonds is 20. The van der Waals surface area contributed by atoms with Gasteiger partial charge in [-0.15, -0.1) is 0 Å². The average Bonchev–Trinajstić information content (AvgIpc) is 0.756. The van der Waals surface area contributed by atoms with Gasteiger partial charge in [0.05, 0.1) is 53.9 Å². The summed E-state index contributed by atoms with van der Waals surface area (Å²) in [7, 11) is 1.39. The van der Waals surface area contributed by atoms with E-state index in [1.807, 2.05) is 13.8 Å². The van der Waals surface area contributed by atoms with Crippen molar-refractivity contribution in [2.45, 2.75) is 209 Å². The molecule has 4 aliphatic carbocycles. The number of methoxy groups -OCH3 is 1. The maximum Gasteiger partial charge on any atom is 0.252 e. The minimum atomic E-state index is -2.25. The fourth-order valence-electron chi connectivity index (χ4n) is 18.5. The minimum Gasteiger partial charge on any atom is -0.508 e. The van der Waals surface area contributed by atoms with Gasteiger partial charge in [-0.2, -0.15) is 0 Å². The molecule has 7 aliphatic heterocycles. The summed E-state index contributed by atoms with van der Waals surface area (Å²) in [6.07, 6.45) is -15.5. The van der Waals surface area contributed by atoms with Crippen LogP contribution in [0.5, 0.6) is 46.0 Å². The highest BCUT2D eigenvalue weighted by Crippen LogP contribution is 2.58. The summed E-state index contributed by atoms with van der Waals surface area (Å²) in [6.45, 7) is 6.84. The number of ketones is 3. The molecule has 6 amide bonds. The number of aliphatic hydroxyl groups is 6. The summed E-state index contributed by atoms with van der Waals surface area (Å²) < 4.78 is 49.5. The molecule has 16 N–H and O–H groups in total. The molecule has 0 spiro atoms. The number of imide groups is 1. The Balaban J connectivity index is 1.02. The maximum absolute atomic E-state index is 16.7. The number of aliphatic hydroxyl groups excluding tert-OH is 6. The number of hydrogen-bond donors (Lipinski definition) is 15. The van der Waals surface area contributed by atoms with Crippen molar-refractivity contribution >= 4 is 76.0 Å². The van der Waals surface area contributed by atoms with Gasteiger partial charge in [-0.1, -0.05) is 62.2 Å². The van der Waals surface area contributed by atoms with Crippen LogP contribution in [0.25, 0.3) is 11.1 Å². The fraction of sp³-hybridized carbons (Fsp3) is 0.541. The van der Waals surface area contributed by atoms with Crippen molar-refractivity contribution in [3.05, 3.63) is 117 Å². The maximum atomic E-state index is 16.7. The monoisotopic (exact) mass is 1690 g/mol. The summed E-state index contributed by atoms with van der Waals surface area (Å²) in [4.78, 5) is 138. The molecule has 2 saturated heterocycles. The third kappa shape index (κ3) is 19.2. The van der Waals surface area contributed by atoms with Crippen LogP contribution in [0, 0.1) is 47.3 Å². The lowest BCUT2D eigenvalue weighted by Gasteiger charge is -2.54. The second-order valence-corrected chi connectivity index (χ2v) is 34.4. The Hall–Kier alpha value is -8.97. The third-order valence-electron chi connectivity index (χ3n) is 24.5. The van der Waals surface area contributed by atoms with Crippen LogP contribution in [0.15, 0.2) is 78.9 Å². The second kappa shape index (κ2) is 36.8. The SMILES string of the molecule is CC[C@H](CC(C)C)C(=O)N[C@H]1C(=O)C[C@@H](CC(=O)NC(=O)COCCOC)C(=O)N[C@H]2C(=O)C[C@H]3C(=O)N[C@H](C(=O)N[C@H](C(=O)CC4C5CC6CC(C5)CC4C6)c4cc(O)cc(O)c4-c4cc3ccc4O)[C@H](O)c3ccc(c(Cl)c3)Oc3cc2cc(c3O[C@@H]2O[C@H](CO)[C@@H](O)[C@H](O)[C@H]2O[C@H]2C[C@](C)(N)[C@H](O)[C@H](C)O2)Oc2ccc(cc2Cl)[C@H]1O. The van der Waals surface area contributed by atoms with Crippen LogP contribution in [0.4, 0.5) is 0 Å². The Morgan fingerprint density at radius 3 is 1.96 bits per heavy atom. The Morgan fingerprint density at radius 1 is 0.697 bits per heavy atom. The van der Waals surface area contributed by atoms with Crippen molar-refractivity contribution in [1.29, 1.82) is 0 Å². The largest absolute Gasteiger partial charge is 0.508 e. The van der Waals surface area contributed by atoms with Crippen molar-refractivity contribution in [3.8, 4) is 57.1 Å². The number of fused-ring (bicyclic) bond motifs is 15. The standard InChI is InChI=1S/C85H102Cl2N6O26/c1-7-40(16-36(2)3)80(108)92-71-57(98)25-47(28-65(101)89-66(102)35-113-15-14-112-6)81(109)90-69-46-26-62(115-60-12-9-42(73(71)103)23-53(60)86)77(119-84-78(76(106)75(105)64(34-94)117-84)118-67-33-85(5,88)79(107)37(4)114-67)63(27-46)116-61-13-10-43(24-54(61)87)74(104)72-83(111)91-70(59(100)31-49-44-18-38-17-39(20-44)21-45(49)19-38)52-29-48(95)30-56(97)68(52)51-22-41(8-11-55(51)96)50(32-58(69)99)82(110)93-72/h8-13,22-24,26-27,29-30,36-40,44-45,47,49-50,64,67,69-76,78-79,84,94-97,103-107H,7,14-21,25,28,31-35,88H2,1-6H3,(H,90,109)(H,91,111)(H,92,108)(H,93,110)(H,89,101,102)/t37-,38?,39?,40+,44?,45?,47-,49?,50+,64+,67-,69+,70-,71-,72-,73+,74+,75+,76-,78+,79+,84-,85-/m0/s1. The van der Waals surface area contributed by atoms with Crippen molar-refractivity contribution in [1.82, 2.24) is 26.6 Å². The highest BCUT2D eigenvalue weighted by molar-refractivity contribution is 6.32. The molecule has 34 heteroatoms. The predicted molar refractivity (Wildman–Crippen MR) is 422 cm³/mol. The highest BCUT2D eigenvalue weighted by atomic mass is 35.5. The van der Waals surface area contributed by atoms with Gasteiger partial charge in [0.25, 0.3) is 5.91 Å². The lowest BCUT2D eigenvalue weighted by molar-refractivity contribution is -0.333. The molecule has 642 valence electrons. The quantitative estimate of drug-likeness (QED) is 0.0381. The Morgan fingerprint density at radius 2 is 1.34 bits per heavy atom. The van der Waals surface area contributed by atoms with Crippen LogP contribution in [0.2, 0.25) is 10.0 Å².